The zero-order valence-electron chi connectivity index (χ0n) is 10.4. The summed E-state index contributed by atoms with van der Waals surface area (Å²) >= 11 is 0. The Kier molecular flexibility index (Phi) is 7.30. The molecule has 0 saturated heterocycles. The van der Waals surface area contributed by atoms with Crippen LogP contribution >= 0.6 is 0 Å². The highest BCUT2D eigenvalue weighted by Crippen LogP contribution is 2.02. The van der Waals surface area contributed by atoms with Crippen LogP contribution in [0.1, 0.15) is 26.2 Å². The van der Waals surface area contributed by atoms with Crippen LogP contribution in [0.5, 0.6) is 0 Å². The van der Waals surface area contributed by atoms with E-state index in [4.69, 9.17) is 16.0 Å². The summed E-state index contributed by atoms with van der Waals surface area (Å²) < 4.78 is 0. The number of carbonyl (C=O) groups is 4. The van der Waals surface area contributed by atoms with Crippen molar-refractivity contribution in [3.05, 3.63) is 0 Å². The van der Waals surface area contributed by atoms with Crippen molar-refractivity contribution in [2.24, 2.45) is 11.7 Å². The number of nitrogens with one attached hydrogen (secondary N) is 2. The molecule has 0 radical (unpaired) electrons. The van der Waals surface area contributed by atoms with Crippen LogP contribution in [0, 0.1) is 5.92 Å². The first-order valence-electron chi connectivity index (χ1n) is 5.53. The highest BCUT2D eigenvalue weighted by molar-refractivity contribution is 5.97. The van der Waals surface area contributed by atoms with Crippen molar-refractivity contribution in [2.75, 3.05) is 0 Å². The number of aliphatic carboxylic acids is 1. The van der Waals surface area contributed by atoms with Crippen molar-refractivity contribution < 1.29 is 29.5 Å². The fourth-order valence-corrected chi connectivity index (χ4v) is 1.15. The molecule has 0 aliphatic carbocycles. The Hall–Kier alpha value is -2.00. The first-order valence-corrected chi connectivity index (χ1v) is 5.53. The second-order valence-electron chi connectivity index (χ2n) is 4.04. The standard InChI is InChI=1S/C10H17N3O6/c1-5(4-8(15)13-19)9(16)12-7(14)3-2-6(11)10(17)18/h5-6,19H,2-4,11H2,1H3,(H,13,15)(H,17,18)(H,12,14,16)/t5?,6-/m0/s1. The predicted octanol–water partition coefficient (Wildman–Crippen LogP) is -1.65. The summed E-state index contributed by atoms with van der Waals surface area (Å²) in [5.74, 6) is -4.13. The lowest BCUT2D eigenvalue weighted by Crippen LogP contribution is -2.38. The molecule has 1 unspecified atom stereocenters. The zero-order chi connectivity index (χ0) is 15.0. The van der Waals surface area contributed by atoms with Gasteiger partial charge in [0.15, 0.2) is 0 Å². The van der Waals surface area contributed by atoms with Crippen LogP contribution in [-0.4, -0.2) is 40.0 Å². The Morgan fingerprint density at radius 1 is 1.21 bits per heavy atom. The van der Waals surface area contributed by atoms with Crippen molar-refractivity contribution >= 4 is 23.7 Å². The second kappa shape index (κ2) is 8.16. The summed E-state index contributed by atoms with van der Waals surface area (Å²) in [5.41, 5.74) is 6.57. The number of amides is 3. The SMILES string of the molecule is CC(CC(=O)NO)C(=O)NC(=O)CC[C@H](N)C(=O)O. The van der Waals surface area contributed by atoms with Crippen LogP contribution in [0.2, 0.25) is 0 Å². The number of imide groups is 1. The number of nitrogens with two attached hydrogens (primary N) is 1. The number of carbonyl (C=O) groups excluding carboxylic acids is 3. The van der Waals surface area contributed by atoms with Crippen LogP contribution in [0.3, 0.4) is 0 Å². The minimum Gasteiger partial charge on any atom is -0.480 e. The number of rotatable bonds is 7. The van der Waals surface area contributed by atoms with Gasteiger partial charge < -0.3 is 10.8 Å². The fraction of sp³-hybridized carbons (Fsp3) is 0.600. The van der Waals surface area contributed by atoms with Gasteiger partial charge in [-0.2, -0.15) is 0 Å². The average molecular weight is 275 g/mol. The summed E-state index contributed by atoms with van der Waals surface area (Å²) in [7, 11) is 0. The molecule has 0 saturated carbocycles. The van der Waals surface area contributed by atoms with Gasteiger partial charge in [-0.15, -0.1) is 0 Å². The van der Waals surface area contributed by atoms with Gasteiger partial charge in [0.1, 0.15) is 6.04 Å². The smallest absolute Gasteiger partial charge is 0.320 e. The molecule has 0 fully saturated rings. The molecule has 0 heterocycles. The third-order valence-electron chi connectivity index (χ3n) is 2.33. The van der Waals surface area contributed by atoms with E-state index in [0.29, 0.717) is 0 Å². The minimum absolute atomic E-state index is 0.0973. The Morgan fingerprint density at radius 3 is 2.26 bits per heavy atom. The maximum absolute atomic E-state index is 11.4. The minimum atomic E-state index is -1.23. The van der Waals surface area contributed by atoms with Gasteiger partial charge >= 0.3 is 5.97 Å². The van der Waals surface area contributed by atoms with E-state index in [1.807, 2.05) is 5.32 Å². The predicted molar refractivity (Wildman–Crippen MR) is 61.7 cm³/mol. The molecule has 0 aliphatic rings. The summed E-state index contributed by atoms with van der Waals surface area (Å²) in [6.45, 7) is 1.40. The molecule has 6 N–H and O–H groups in total. The van der Waals surface area contributed by atoms with Gasteiger partial charge in [0.05, 0.1) is 0 Å². The summed E-state index contributed by atoms with van der Waals surface area (Å²) in [5, 5.41) is 18.8. The zero-order valence-corrected chi connectivity index (χ0v) is 10.4. The van der Waals surface area contributed by atoms with Crippen LogP contribution < -0.4 is 16.5 Å². The van der Waals surface area contributed by atoms with E-state index < -0.39 is 35.7 Å². The Bertz CT molecular complexity index is 370. The quantitative estimate of drug-likeness (QED) is 0.275. The molecule has 0 rings (SSSR count). The van der Waals surface area contributed by atoms with Gasteiger partial charge in [-0.1, -0.05) is 6.92 Å². The number of carboxylic acid groups (broad SMARTS) is 1. The van der Waals surface area contributed by atoms with Gasteiger partial charge in [0.2, 0.25) is 17.7 Å². The average Bonchev–Trinajstić information content (AvgIpc) is 2.35. The summed E-state index contributed by atoms with van der Waals surface area (Å²) in [6, 6.07) is -1.17. The third-order valence-corrected chi connectivity index (χ3v) is 2.33. The number of hydroxylamine groups is 1. The molecular weight excluding hydrogens is 258 g/mol. The first-order chi connectivity index (χ1) is 8.77. The molecule has 2 atom stereocenters. The lowest BCUT2D eigenvalue weighted by molar-refractivity contribution is -0.139. The highest BCUT2D eigenvalue weighted by Gasteiger charge is 2.20. The van der Waals surface area contributed by atoms with Gasteiger partial charge in [-0.3, -0.25) is 29.7 Å². The van der Waals surface area contributed by atoms with E-state index in [9.17, 15) is 19.2 Å². The highest BCUT2D eigenvalue weighted by atomic mass is 16.5. The molecule has 9 heteroatoms. The first kappa shape index (κ1) is 17.0. The van der Waals surface area contributed by atoms with E-state index in [-0.39, 0.29) is 19.3 Å². The summed E-state index contributed by atoms with van der Waals surface area (Å²) in [6.07, 6.45) is -0.581. The molecule has 0 bridgehead atoms. The van der Waals surface area contributed by atoms with Crippen LogP contribution in [0.4, 0.5) is 0 Å². The number of carboxylic acids is 1. The van der Waals surface area contributed by atoms with E-state index in [1.54, 1.807) is 0 Å². The molecule has 0 spiro atoms. The van der Waals surface area contributed by atoms with E-state index >= 15 is 0 Å². The molecule has 0 aromatic rings. The topological polar surface area (TPSA) is 159 Å². The fourth-order valence-electron chi connectivity index (χ4n) is 1.15. The van der Waals surface area contributed by atoms with Crippen molar-refractivity contribution in [1.82, 2.24) is 10.8 Å². The molecule has 0 aromatic carbocycles. The Morgan fingerprint density at radius 2 is 1.79 bits per heavy atom. The molecular formula is C10H17N3O6. The number of hydrogen-bond acceptors (Lipinski definition) is 6. The van der Waals surface area contributed by atoms with E-state index in [1.165, 1.54) is 12.4 Å². The van der Waals surface area contributed by atoms with E-state index in [2.05, 4.69) is 0 Å². The molecule has 3 amide bonds. The number of hydrogen-bond donors (Lipinski definition) is 5. The van der Waals surface area contributed by atoms with E-state index in [0.717, 1.165) is 0 Å². The van der Waals surface area contributed by atoms with Gasteiger partial charge in [-0.25, -0.2) is 5.48 Å². The lowest BCUT2D eigenvalue weighted by Gasteiger charge is -2.10. The maximum atomic E-state index is 11.4. The van der Waals surface area contributed by atoms with Crippen molar-refractivity contribution in [3.8, 4) is 0 Å². The second-order valence-corrected chi connectivity index (χ2v) is 4.04. The lowest BCUT2D eigenvalue weighted by atomic mass is 10.1. The normalized spacial score (nSPS) is 13.2. The van der Waals surface area contributed by atoms with Crippen LogP contribution in [0.15, 0.2) is 0 Å². The third kappa shape index (κ3) is 7.11. The summed E-state index contributed by atoms with van der Waals surface area (Å²) in [4.78, 5) is 44.0. The van der Waals surface area contributed by atoms with Gasteiger partial charge in [0, 0.05) is 18.8 Å². The maximum Gasteiger partial charge on any atom is 0.320 e. The Labute approximate surface area is 109 Å². The van der Waals surface area contributed by atoms with Gasteiger partial charge in [-0.05, 0) is 6.42 Å². The molecule has 108 valence electrons. The van der Waals surface area contributed by atoms with Crippen molar-refractivity contribution in [2.45, 2.75) is 32.2 Å². The van der Waals surface area contributed by atoms with Gasteiger partial charge in [0.25, 0.3) is 0 Å². The molecule has 0 aliphatic heterocycles. The molecule has 0 aromatic heterocycles. The van der Waals surface area contributed by atoms with Crippen molar-refractivity contribution in [1.29, 1.82) is 0 Å². The molecule has 19 heavy (non-hydrogen) atoms. The monoisotopic (exact) mass is 275 g/mol. The van der Waals surface area contributed by atoms with Crippen LogP contribution in [-0.2, 0) is 19.2 Å². The van der Waals surface area contributed by atoms with Crippen molar-refractivity contribution in [3.63, 3.8) is 0 Å². The van der Waals surface area contributed by atoms with Crippen LogP contribution in [0.25, 0.3) is 0 Å². The largest absolute Gasteiger partial charge is 0.480 e. The molecule has 9 nitrogen and oxygen atoms in total. The Balaban J connectivity index is 4.08.